The SMILES string of the molecule is CC(C)[C@H](N)C(=O)Nc1cnn(-c2ccccc2F)c1. The molecule has 1 amide bonds. The van der Waals surface area contributed by atoms with Gasteiger partial charge in [-0.3, -0.25) is 4.79 Å². The number of hydrogen-bond acceptors (Lipinski definition) is 3. The highest BCUT2D eigenvalue weighted by molar-refractivity contribution is 5.94. The van der Waals surface area contributed by atoms with E-state index in [-0.39, 0.29) is 17.6 Å². The van der Waals surface area contributed by atoms with E-state index in [4.69, 9.17) is 5.73 Å². The lowest BCUT2D eigenvalue weighted by Crippen LogP contribution is -2.39. The summed E-state index contributed by atoms with van der Waals surface area (Å²) in [6, 6.07) is 5.68. The van der Waals surface area contributed by atoms with Crippen molar-refractivity contribution >= 4 is 11.6 Å². The van der Waals surface area contributed by atoms with Crippen molar-refractivity contribution in [3.63, 3.8) is 0 Å². The van der Waals surface area contributed by atoms with Crippen LogP contribution in [0.4, 0.5) is 10.1 Å². The molecule has 0 aliphatic rings. The van der Waals surface area contributed by atoms with Crippen LogP contribution in [0.3, 0.4) is 0 Å². The average molecular weight is 276 g/mol. The summed E-state index contributed by atoms with van der Waals surface area (Å²) in [4.78, 5) is 11.8. The van der Waals surface area contributed by atoms with Crippen LogP contribution in [0.15, 0.2) is 36.7 Å². The van der Waals surface area contributed by atoms with Crippen LogP contribution in [-0.2, 0) is 4.79 Å². The lowest BCUT2D eigenvalue weighted by Gasteiger charge is -2.14. The van der Waals surface area contributed by atoms with E-state index in [1.165, 1.54) is 16.9 Å². The lowest BCUT2D eigenvalue weighted by atomic mass is 10.1. The number of halogens is 1. The zero-order valence-electron chi connectivity index (χ0n) is 11.4. The number of anilines is 1. The van der Waals surface area contributed by atoms with Gasteiger partial charge in [0.25, 0.3) is 0 Å². The standard InChI is InChI=1S/C14H17FN4O/c1-9(2)13(16)14(20)18-10-7-17-19(8-10)12-6-4-3-5-11(12)15/h3-9,13H,16H2,1-2H3,(H,18,20)/t13-/m0/s1. The number of nitrogens with two attached hydrogens (primary N) is 1. The van der Waals surface area contributed by atoms with Crippen LogP contribution in [0.2, 0.25) is 0 Å². The first kappa shape index (κ1) is 14.2. The minimum atomic E-state index is -0.591. The van der Waals surface area contributed by atoms with E-state index < -0.39 is 6.04 Å². The molecular weight excluding hydrogens is 259 g/mol. The normalized spacial score (nSPS) is 12.4. The number of rotatable bonds is 4. The van der Waals surface area contributed by atoms with Gasteiger partial charge in [0.2, 0.25) is 5.91 Å². The molecule has 1 atom stereocenters. The fourth-order valence-corrected chi connectivity index (χ4v) is 1.68. The van der Waals surface area contributed by atoms with Crippen molar-refractivity contribution in [3.05, 3.63) is 42.5 Å². The molecule has 0 saturated heterocycles. The molecule has 5 nitrogen and oxygen atoms in total. The summed E-state index contributed by atoms with van der Waals surface area (Å²) >= 11 is 0. The van der Waals surface area contributed by atoms with Gasteiger partial charge < -0.3 is 11.1 Å². The van der Waals surface area contributed by atoms with Gasteiger partial charge in [-0.1, -0.05) is 26.0 Å². The maximum Gasteiger partial charge on any atom is 0.241 e. The molecule has 1 aromatic heterocycles. The summed E-state index contributed by atoms with van der Waals surface area (Å²) in [5.74, 6) is -0.628. The minimum absolute atomic E-state index is 0.0385. The zero-order chi connectivity index (χ0) is 14.7. The monoisotopic (exact) mass is 276 g/mol. The molecule has 0 saturated carbocycles. The fraction of sp³-hybridized carbons (Fsp3) is 0.286. The third-order valence-electron chi connectivity index (χ3n) is 2.97. The third-order valence-corrected chi connectivity index (χ3v) is 2.97. The van der Waals surface area contributed by atoms with Gasteiger partial charge in [0.1, 0.15) is 11.5 Å². The highest BCUT2D eigenvalue weighted by Gasteiger charge is 2.18. The van der Waals surface area contributed by atoms with Crippen LogP contribution in [0.1, 0.15) is 13.8 Å². The highest BCUT2D eigenvalue weighted by Crippen LogP contribution is 2.15. The second-order valence-corrected chi connectivity index (χ2v) is 4.88. The molecular formula is C14H17FN4O. The first-order valence-corrected chi connectivity index (χ1v) is 6.35. The summed E-state index contributed by atoms with van der Waals surface area (Å²) in [5, 5.41) is 6.69. The second-order valence-electron chi connectivity index (χ2n) is 4.88. The second kappa shape index (κ2) is 5.83. The number of para-hydroxylation sites is 1. The Morgan fingerprint density at radius 3 is 2.75 bits per heavy atom. The van der Waals surface area contributed by atoms with Crippen molar-refractivity contribution in [1.29, 1.82) is 0 Å². The van der Waals surface area contributed by atoms with Gasteiger partial charge in [0, 0.05) is 0 Å². The van der Waals surface area contributed by atoms with Crippen LogP contribution in [0, 0.1) is 11.7 Å². The fourth-order valence-electron chi connectivity index (χ4n) is 1.68. The van der Waals surface area contributed by atoms with Crippen molar-refractivity contribution in [1.82, 2.24) is 9.78 Å². The highest BCUT2D eigenvalue weighted by atomic mass is 19.1. The van der Waals surface area contributed by atoms with Crippen molar-refractivity contribution in [2.45, 2.75) is 19.9 Å². The van der Waals surface area contributed by atoms with Crippen molar-refractivity contribution in [2.75, 3.05) is 5.32 Å². The summed E-state index contributed by atoms with van der Waals surface area (Å²) < 4.78 is 15.0. The Kier molecular flexibility index (Phi) is 4.14. The quantitative estimate of drug-likeness (QED) is 0.896. The molecule has 0 aliphatic heterocycles. The van der Waals surface area contributed by atoms with Crippen LogP contribution in [-0.4, -0.2) is 21.7 Å². The number of carbonyl (C=O) groups is 1. The van der Waals surface area contributed by atoms with E-state index in [9.17, 15) is 9.18 Å². The molecule has 2 aromatic rings. The Morgan fingerprint density at radius 2 is 2.10 bits per heavy atom. The maximum absolute atomic E-state index is 13.6. The Bertz CT molecular complexity index is 609. The van der Waals surface area contributed by atoms with Gasteiger partial charge in [0.05, 0.1) is 24.1 Å². The molecule has 0 spiro atoms. The minimum Gasteiger partial charge on any atom is -0.322 e. The Morgan fingerprint density at radius 1 is 1.40 bits per heavy atom. The molecule has 1 aromatic carbocycles. The molecule has 2 rings (SSSR count). The molecule has 1 heterocycles. The molecule has 20 heavy (non-hydrogen) atoms. The van der Waals surface area contributed by atoms with Crippen molar-refractivity contribution < 1.29 is 9.18 Å². The zero-order valence-corrected chi connectivity index (χ0v) is 11.4. The van der Waals surface area contributed by atoms with Crippen LogP contribution < -0.4 is 11.1 Å². The predicted molar refractivity (Wildman–Crippen MR) is 75.0 cm³/mol. The molecule has 0 radical (unpaired) electrons. The first-order valence-electron chi connectivity index (χ1n) is 6.35. The van der Waals surface area contributed by atoms with Gasteiger partial charge in [-0.25, -0.2) is 9.07 Å². The maximum atomic E-state index is 13.6. The summed E-state index contributed by atoms with van der Waals surface area (Å²) in [5.41, 5.74) is 6.55. The lowest BCUT2D eigenvalue weighted by molar-refractivity contribution is -0.118. The van der Waals surface area contributed by atoms with E-state index in [0.717, 1.165) is 0 Å². The van der Waals surface area contributed by atoms with Gasteiger partial charge in [-0.15, -0.1) is 0 Å². The molecule has 0 unspecified atom stereocenters. The molecule has 106 valence electrons. The number of amides is 1. The number of hydrogen-bond donors (Lipinski definition) is 2. The topological polar surface area (TPSA) is 72.9 Å². The first-order chi connectivity index (χ1) is 9.49. The Hall–Kier alpha value is -2.21. The molecule has 0 bridgehead atoms. The summed E-state index contributed by atoms with van der Waals surface area (Å²) in [6.45, 7) is 3.74. The van der Waals surface area contributed by atoms with Crippen LogP contribution in [0.5, 0.6) is 0 Å². The Labute approximate surface area is 116 Å². The van der Waals surface area contributed by atoms with E-state index in [1.807, 2.05) is 13.8 Å². The number of nitrogens with zero attached hydrogens (tertiary/aromatic N) is 2. The largest absolute Gasteiger partial charge is 0.322 e. The van der Waals surface area contributed by atoms with E-state index in [1.54, 1.807) is 24.4 Å². The van der Waals surface area contributed by atoms with Crippen LogP contribution in [0.25, 0.3) is 5.69 Å². The number of nitrogens with one attached hydrogen (secondary N) is 1. The average Bonchev–Trinajstić information content (AvgIpc) is 2.86. The molecule has 0 aliphatic carbocycles. The van der Waals surface area contributed by atoms with Crippen molar-refractivity contribution in [2.24, 2.45) is 11.7 Å². The van der Waals surface area contributed by atoms with Crippen molar-refractivity contribution in [3.8, 4) is 5.69 Å². The summed E-state index contributed by atoms with van der Waals surface area (Å²) in [6.07, 6.45) is 3.00. The number of carbonyl (C=O) groups excluding carboxylic acids is 1. The van der Waals surface area contributed by atoms with E-state index in [2.05, 4.69) is 10.4 Å². The number of benzene rings is 1. The van der Waals surface area contributed by atoms with E-state index in [0.29, 0.717) is 11.4 Å². The van der Waals surface area contributed by atoms with Gasteiger partial charge in [-0.05, 0) is 18.1 Å². The molecule has 3 N–H and O–H groups in total. The summed E-state index contributed by atoms with van der Waals surface area (Å²) in [7, 11) is 0. The van der Waals surface area contributed by atoms with Gasteiger partial charge in [-0.2, -0.15) is 5.10 Å². The Balaban J connectivity index is 2.14. The predicted octanol–water partition coefficient (Wildman–Crippen LogP) is 1.93. The van der Waals surface area contributed by atoms with E-state index >= 15 is 0 Å². The van der Waals surface area contributed by atoms with Gasteiger partial charge in [0.15, 0.2) is 0 Å². The third kappa shape index (κ3) is 3.03. The van der Waals surface area contributed by atoms with Gasteiger partial charge >= 0.3 is 0 Å². The smallest absolute Gasteiger partial charge is 0.241 e. The van der Waals surface area contributed by atoms with Crippen LogP contribution >= 0.6 is 0 Å². The molecule has 6 heteroatoms. The number of aromatic nitrogens is 2. The molecule has 0 fully saturated rings.